The molecule has 0 aromatic heterocycles. The van der Waals surface area contributed by atoms with E-state index in [2.05, 4.69) is 0 Å². The van der Waals surface area contributed by atoms with E-state index in [4.69, 9.17) is 18.4 Å². The SMILES string of the molecule is CC[C@@H](C)N(Cc1ccc(OS(=O)(=O)c2ccc(F)cc2)cc1)C(=O)c1cc(OC)c(OC)c(OC)c1. The molecule has 0 saturated carbocycles. The molecule has 0 fully saturated rings. The number of halogens is 1. The predicted molar refractivity (Wildman–Crippen MR) is 136 cm³/mol. The molecular weight excluding hydrogens is 501 g/mol. The third kappa shape index (κ3) is 6.51. The van der Waals surface area contributed by atoms with Gasteiger partial charge >= 0.3 is 10.1 Å². The Labute approximate surface area is 216 Å². The maximum absolute atomic E-state index is 13.6. The Balaban J connectivity index is 1.83. The summed E-state index contributed by atoms with van der Waals surface area (Å²) in [5.74, 6) is 0.460. The second kappa shape index (κ2) is 12.0. The average Bonchev–Trinajstić information content (AvgIpc) is 2.90. The van der Waals surface area contributed by atoms with Crippen molar-refractivity contribution in [3.63, 3.8) is 0 Å². The van der Waals surface area contributed by atoms with Crippen LogP contribution in [0.3, 0.4) is 0 Å². The number of ether oxygens (including phenoxy) is 3. The van der Waals surface area contributed by atoms with Crippen molar-refractivity contribution < 1.29 is 36.0 Å². The Kier molecular flexibility index (Phi) is 8.99. The van der Waals surface area contributed by atoms with Gasteiger partial charge in [0.05, 0.1) is 21.3 Å². The lowest BCUT2D eigenvalue weighted by Crippen LogP contribution is -2.37. The minimum absolute atomic E-state index is 0.0960. The fourth-order valence-corrected chi connectivity index (χ4v) is 4.57. The molecule has 0 saturated heterocycles. The average molecular weight is 532 g/mol. The van der Waals surface area contributed by atoms with Crippen LogP contribution in [0.5, 0.6) is 23.0 Å². The highest BCUT2D eigenvalue weighted by Crippen LogP contribution is 2.38. The van der Waals surface area contributed by atoms with Gasteiger partial charge in [0.15, 0.2) is 11.5 Å². The van der Waals surface area contributed by atoms with E-state index in [0.717, 1.165) is 29.8 Å². The van der Waals surface area contributed by atoms with E-state index in [-0.39, 0.29) is 29.1 Å². The number of carbonyl (C=O) groups excluding carboxylic acids is 1. The molecule has 3 aromatic carbocycles. The molecule has 0 spiro atoms. The summed E-state index contributed by atoms with van der Waals surface area (Å²) in [6, 6.07) is 13.9. The maximum atomic E-state index is 13.6. The van der Waals surface area contributed by atoms with Gasteiger partial charge < -0.3 is 23.3 Å². The van der Waals surface area contributed by atoms with Crippen molar-refractivity contribution in [1.82, 2.24) is 4.90 Å². The summed E-state index contributed by atoms with van der Waals surface area (Å²) in [5.41, 5.74) is 1.15. The van der Waals surface area contributed by atoms with Gasteiger partial charge in [0.25, 0.3) is 5.91 Å². The van der Waals surface area contributed by atoms with Crippen LogP contribution >= 0.6 is 0 Å². The highest BCUT2D eigenvalue weighted by Gasteiger charge is 2.24. The normalized spacial score (nSPS) is 11.9. The standard InChI is InChI=1S/C27H30FNO7S/c1-6-18(2)29(27(30)20-15-24(33-3)26(35-5)25(16-20)34-4)17-19-7-11-22(12-8-19)36-37(31,32)23-13-9-21(28)10-14-23/h7-16,18H,6,17H2,1-5H3/t18-/m1/s1. The van der Waals surface area contributed by atoms with Crippen LogP contribution in [0.15, 0.2) is 65.6 Å². The lowest BCUT2D eigenvalue weighted by Gasteiger charge is -2.29. The first-order valence-corrected chi connectivity index (χ1v) is 12.9. The van der Waals surface area contributed by atoms with Crippen molar-refractivity contribution in [2.24, 2.45) is 0 Å². The van der Waals surface area contributed by atoms with Crippen molar-refractivity contribution in [2.75, 3.05) is 21.3 Å². The molecule has 1 amide bonds. The van der Waals surface area contributed by atoms with Gasteiger partial charge in [0, 0.05) is 18.2 Å². The van der Waals surface area contributed by atoms with Crippen LogP contribution in [0, 0.1) is 5.82 Å². The molecule has 0 bridgehead atoms. The van der Waals surface area contributed by atoms with Gasteiger partial charge in [-0.05, 0) is 67.4 Å². The van der Waals surface area contributed by atoms with E-state index < -0.39 is 15.9 Å². The van der Waals surface area contributed by atoms with E-state index in [1.165, 1.54) is 33.5 Å². The Morgan fingerprint density at radius 2 is 1.49 bits per heavy atom. The van der Waals surface area contributed by atoms with E-state index >= 15 is 0 Å². The Bertz CT molecular complexity index is 1300. The first-order chi connectivity index (χ1) is 17.6. The summed E-state index contributed by atoms with van der Waals surface area (Å²) in [7, 11) is 0.343. The number of hydrogen-bond donors (Lipinski definition) is 0. The third-order valence-electron chi connectivity index (χ3n) is 5.88. The van der Waals surface area contributed by atoms with Gasteiger partial charge in [-0.2, -0.15) is 8.42 Å². The van der Waals surface area contributed by atoms with Crippen molar-refractivity contribution >= 4 is 16.0 Å². The van der Waals surface area contributed by atoms with E-state index in [1.807, 2.05) is 13.8 Å². The molecule has 0 aliphatic carbocycles. The zero-order valence-electron chi connectivity index (χ0n) is 21.4. The molecule has 8 nitrogen and oxygen atoms in total. The van der Waals surface area contributed by atoms with Gasteiger partial charge in [0.2, 0.25) is 5.75 Å². The van der Waals surface area contributed by atoms with Crippen LogP contribution in [0.1, 0.15) is 36.2 Å². The molecule has 10 heteroatoms. The fraction of sp³-hybridized carbons (Fsp3) is 0.296. The molecular formula is C27H30FNO7S. The first-order valence-electron chi connectivity index (χ1n) is 11.5. The smallest absolute Gasteiger partial charge is 0.339 e. The topological polar surface area (TPSA) is 91.4 Å². The molecule has 0 aliphatic heterocycles. The summed E-state index contributed by atoms with van der Waals surface area (Å²) in [5, 5.41) is 0. The zero-order valence-corrected chi connectivity index (χ0v) is 22.2. The molecule has 0 N–H and O–H groups in total. The van der Waals surface area contributed by atoms with E-state index in [0.29, 0.717) is 29.2 Å². The highest BCUT2D eigenvalue weighted by molar-refractivity contribution is 7.87. The van der Waals surface area contributed by atoms with Gasteiger partial charge in [-0.1, -0.05) is 19.1 Å². The number of carbonyl (C=O) groups is 1. The number of nitrogens with zero attached hydrogens (tertiary/aromatic N) is 1. The predicted octanol–water partition coefficient (Wildman–Crippen LogP) is 5.06. The lowest BCUT2D eigenvalue weighted by molar-refractivity contribution is 0.0670. The lowest BCUT2D eigenvalue weighted by atomic mass is 10.1. The summed E-state index contributed by atoms with van der Waals surface area (Å²) in [4.78, 5) is 15.1. The van der Waals surface area contributed by atoms with Crippen molar-refractivity contribution in [1.29, 1.82) is 0 Å². The summed E-state index contributed by atoms with van der Waals surface area (Å²) in [6.07, 6.45) is 0.716. The third-order valence-corrected chi connectivity index (χ3v) is 7.14. The molecule has 3 aromatic rings. The molecule has 0 heterocycles. The minimum Gasteiger partial charge on any atom is -0.493 e. The Morgan fingerprint density at radius 1 is 0.919 bits per heavy atom. The van der Waals surface area contributed by atoms with E-state index in [1.54, 1.807) is 29.2 Å². The van der Waals surface area contributed by atoms with Crippen molar-refractivity contribution in [3.8, 4) is 23.0 Å². The Morgan fingerprint density at radius 3 is 1.97 bits per heavy atom. The van der Waals surface area contributed by atoms with Gasteiger partial charge in [0.1, 0.15) is 16.5 Å². The molecule has 0 radical (unpaired) electrons. The summed E-state index contributed by atoms with van der Waals surface area (Å²) < 4.78 is 59.4. The van der Waals surface area contributed by atoms with Crippen LogP contribution in [-0.2, 0) is 16.7 Å². The number of amides is 1. The van der Waals surface area contributed by atoms with Gasteiger partial charge in [-0.25, -0.2) is 4.39 Å². The molecule has 0 aliphatic rings. The number of methoxy groups -OCH3 is 3. The molecule has 37 heavy (non-hydrogen) atoms. The van der Waals surface area contributed by atoms with Gasteiger partial charge in [-0.15, -0.1) is 0 Å². The van der Waals surface area contributed by atoms with Crippen LogP contribution in [-0.4, -0.2) is 46.6 Å². The van der Waals surface area contributed by atoms with Crippen LogP contribution in [0.25, 0.3) is 0 Å². The second-order valence-electron chi connectivity index (χ2n) is 8.24. The number of rotatable bonds is 11. The van der Waals surface area contributed by atoms with Crippen molar-refractivity contribution in [3.05, 3.63) is 77.6 Å². The van der Waals surface area contributed by atoms with Gasteiger partial charge in [-0.3, -0.25) is 4.79 Å². The first kappa shape index (κ1) is 27.8. The maximum Gasteiger partial charge on any atom is 0.339 e. The van der Waals surface area contributed by atoms with Crippen LogP contribution in [0.4, 0.5) is 4.39 Å². The largest absolute Gasteiger partial charge is 0.493 e. The van der Waals surface area contributed by atoms with Crippen LogP contribution < -0.4 is 18.4 Å². The highest BCUT2D eigenvalue weighted by atomic mass is 32.2. The molecule has 3 rings (SSSR count). The molecule has 0 unspecified atom stereocenters. The molecule has 198 valence electrons. The summed E-state index contributed by atoms with van der Waals surface area (Å²) in [6.45, 7) is 4.20. The Hall–Kier alpha value is -3.79. The minimum atomic E-state index is -4.12. The number of benzene rings is 3. The second-order valence-corrected chi connectivity index (χ2v) is 9.79. The van der Waals surface area contributed by atoms with Crippen molar-refractivity contribution in [2.45, 2.75) is 37.8 Å². The summed E-state index contributed by atoms with van der Waals surface area (Å²) >= 11 is 0. The van der Waals surface area contributed by atoms with Crippen LogP contribution in [0.2, 0.25) is 0 Å². The number of hydrogen-bond acceptors (Lipinski definition) is 7. The van der Waals surface area contributed by atoms with E-state index in [9.17, 15) is 17.6 Å². The quantitative estimate of drug-likeness (QED) is 0.320. The zero-order chi connectivity index (χ0) is 27.2. The molecule has 1 atom stereocenters. The monoisotopic (exact) mass is 531 g/mol. The fourth-order valence-electron chi connectivity index (χ4n) is 3.64.